The molecule has 2 aromatic carbocycles. The van der Waals surface area contributed by atoms with Gasteiger partial charge in [0.05, 0.1) is 17.0 Å². The quantitative estimate of drug-likeness (QED) is 0.818. The van der Waals surface area contributed by atoms with E-state index in [1.54, 1.807) is 19.2 Å². The molecule has 2 aromatic rings. The molecular weight excluding hydrogens is 348 g/mol. The first-order chi connectivity index (χ1) is 11.0. The van der Waals surface area contributed by atoms with E-state index in [9.17, 15) is 8.42 Å². The summed E-state index contributed by atoms with van der Waals surface area (Å²) >= 11 is 0. The maximum atomic E-state index is 12.6. The second kappa shape index (κ2) is 7.80. The van der Waals surface area contributed by atoms with Crippen LogP contribution in [0.15, 0.2) is 47.4 Å². The predicted octanol–water partition coefficient (Wildman–Crippen LogP) is 2.31. The van der Waals surface area contributed by atoms with E-state index in [1.165, 1.54) is 0 Å². The number of rotatable bonds is 6. The molecule has 0 radical (unpaired) electrons. The first kappa shape index (κ1) is 19.1. The first-order valence-corrected chi connectivity index (χ1v) is 9.25. The Balaban J connectivity index is 0.00000208. The summed E-state index contributed by atoms with van der Waals surface area (Å²) in [5.41, 5.74) is -0.307. The highest BCUT2D eigenvalue weighted by Crippen LogP contribution is 2.22. The number of hydrogen-bond acceptors (Lipinski definition) is 4. The van der Waals surface area contributed by atoms with Crippen molar-refractivity contribution < 1.29 is 13.2 Å². The normalized spacial score (nSPS) is 20.9. The average Bonchev–Trinajstić information content (AvgIpc) is 3.02. The van der Waals surface area contributed by atoms with Gasteiger partial charge in [-0.3, -0.25) is 0 Å². The molecule has 1 saturated heterocycles. The van der Waals surface area contributed by atoms with Crippen molar-refractivity contribution in [1.29, 1.82) is 0 Å². The second-order valence-corrected chi connectivity index (χ2v) is 7.84. The molecule has 0 aromatic heterocycles. The molecule has 1 atom stereocenters. The highest BCUT2D eigenvalue weighted by atomic mass is 35.5. The lowest BCUT2D eigenvalue weighted by molar-refractivity contribution is 0.122. The molecule has 3 rings (SSSR count). The lowest BCUT2D eigenvalue weighted by atomic mass is 9.99. The van der Waals surface area contributed by atoms with E-state index in [-0.39, 0.29) is 17.9 Å². The molecule has 1 aliphatic rings. The topological polar surface area (TPSA) is 67.4 Å². The molecule has 132 valence electrons. The molecule has 0 amide bonds. The summed E-state index contributed by atoms with van der Waals surface area (Å²) in [6.07, 6.45) is 1.93. The van der Waals surface area contributed by atoms with Crippen LogP contribution in [0.25, 0.3) is 10.8 Å². The Bertz CT molecular complexity index is 789. The van der Waals surface area contributed by atoms with Gasteiger partial charge in [-0.05, 0) is 42.3 Å². The highest BCUT2D eigenvalue weighted by molar-refractivity contribution is 7.89. The fraction of sp³-hybridized carbons (Fsp3) is 0.412. The number of sulfonamides is 1. The first-order valence-electron chi connectivity index (χ1n) is 7.77. The van der Waals surface area contributed by atoms with Gasteiger partial charge in [0, 0.05) is 13.7 Å². The zero-order chi connectivity index (χ0) is 16.3. The van der Waals surface area contributed by atoms with Crippen molar-refractivity contribution in [3.8, 4) is 0 Å². The van der Waals surface area contributed by atoms with Crippen LogP contribution in [0.5, 0.6) is 0 Å². The van der Waals surface area contributed by atoms with Crippen LogP contribution in [-0.2, 0) is 14.8 Å². The van der Waals surface area contributed by atoms with Crippen LogP contribution in [0.1, 0.15) is 12.8 Å². The van der Waals surface area contributed by atoms with E-state index < -0.39 is 10.0 Å². The number of halogens is 1. The maximum absolute atomic E-state index is 12.6. The van der Waals surface area contributed by atoms with Crippen LogP contribution in [0.4, 0.5) is 0 Å². The van der Waals surface area contributed by atoms with E-state index in [2.05, 4.69) is 10.0 Å². The fourth-order valence-electron chi connectivity index (χ4n) is 3.12. The SMILES string of the molecule is COCC1(CNS(=O)(=O)c2ccc3ccccc3c2)CCCN1.Cl. The molecule has 1 aliphatic heterocycles. The summed E-state index contributed by atoms with van der Waals surface area (Å²) in [6.45, 7) is 1.71. The third-order valence-corrected chi connectivity index (χ3v) is 5.78. The fourth-order valence-corrected chi connectivity index (χ4v) is 4.28. The van der Waals surface area contributed by atoms with Gasteiger partial charge in [-0.25, -0.2) is 13.1 Å². The van der Waals surface area contributed by atoms with E-state index in [0.29, 0.717) is 18.0 Å². The van der Waals surface area contributed by atoms with Crippen molar-refractivity contribution in [2.45, 2.75) is 23.3 Å². The molecule has 5 nitrogen and oxygen atoms in total. The second-order valence-electron chi connectivity index (χ2n) is 6.08. The van der Waals surface area contributed by atoms with Crippen molar-refractivity contribution in [1.82, 2.24) is 10.0 Å². The van der Waals surface area contributed by atoms with Crippen LogP contribution in [0.2, 0.25) is 0 Å². The smallest absolute Gasteiger partial charge is 0.240 e. The van der Waals surface area contributed by atoms with Gasteiger partial charge in [0.15, 0.2) is 0 Å². The Morgan fingerprint density at radius 3 is 2.62 bits per heavy atom. The molecule has 1 heterocycles. The Morgan fingerprint density at radius 2 is 1.96 bits per heavy atom. The van der Waals surface area contributed by atoms with Crippen LogP contribution in [0.3, 0.4) is 0 Å². The molecule has 0 aliphatic carbocycles. The van der Waals surface area contributed by atoms with Crippen molar-refractivity contribution in [3.05, 3.63) is 42.5 Å². The van der Waals surface area contributed by atoms with Crippen LogP contribution < -0.4 is 10.0 Å². The molecule has 0 saturated carbocycles. The summed E-state index contributed by atoms with van der Waals surface area (Å²) in [4.78, 5) is 0.293. The average molecular weight is 371 g/mol. The molecule has 0 spiro atoms. The predicted molar refractivity (Wildman–Crippen MR) is 98.2 cm³/mol. The van der Waals surface area contributed by atoms with Crippen molar-refractivity contribution in [2.24, 2.45) is 0 Å². The largest absolute Gasteiger partial charge is 0.383 e. The van der Waals surface area contributed by atoms with E-state index in [0.717, 1.165) is 30.2 Å². The summed E-state index contributed by atoms with van der Waals surface area (Å²) in [5.74, 6) is 0. The minimum absolute atomic E-state index is 0. The molecule has 1 fully saturated rings. The van der Waals surface area contributed by atoms with Crippen molar-refractivity contribution >= 4 is 33.2 Å². The minimum atomic E-state index is -3.54. The van der Waals surface area contributed by atoms with Gasteiger partial charge in [0.2, 0.25) is 10.0 Å². The monoisotopic (exact) mass is 370 g/mol. The van der Waals surface area contributed by atoms with Gasteiger partial charge in [-0.15, -0.1) is 12.4 Å². The number of methoxy groups -OCH3 is 1. The summed E-state index contributed by atoms with van der Waals surface area (Å²) in [7, 11) is -1.90. The zero-order valence-corrected chi connectivity index (χ0v) is 15.3. The summed E-state index contributed by atoms with van der Waals surface area (Å²) < 4.78 is 33.2. The number of nitrogens with one attached hydrogen (secondary N) is 2. The van der Waals surface area contributed by atoms with Gasteiger partial charge < -0.3 is 10.1 Å². The van der Waals surface area contributed by atoms with E-state index in [4.69, 9.17) is 4.74 Å². The standard InChI is InChI=1S/C17H22N2O3S.ClH/c1-22-13-17(9-4-10-18-17)12-19-23(20,21)16-8-7-14-5-2-3-6-15(14)11-16;/h2-3,5-8,11,18-19H,4,9-10,12-13H2,1H3;1H. The van der Waals surface area contributed by atoms with E-state index in [1.807, 2.05) is 30.3 Å². The molecular formula is C17H23ClN2O3S. The third-order valence-electron chi connectivity index (χ3n) is 4.38. The number of hydrogen-bond donors (Lipinski definition) is 2. The van der Waals surface area contributed by atoms with Crippen molar-refractivity contribution in [3.63, 3.8) is 0 Å². The Morgan fingerprint density at radius 1 is 1.21 bits per heavy atom. The third kappa shape index (κ3) is 4.07. The Labute approximate surface area is 149 Å². The van der Waals surface area contributed by atoms with Crippen molar-refractivity contribution in [2.75, 3.05) is 26.8 Å². The van der Waals surface area contributed by atoms with Gasteiger partial charge in [0.1, 0.15) is 0 Å². The summed E-state index contributed by atoms with van der Waals surface area (Å²) in [5, 5.41) is 5.32. The van der Waals surface area contributed by atoms with Gasteiger partial charge in [0.25, 0.3) is 0 Å². The lowest BCUT2D eigenvalue weighted by Gasteiger charge is -2.28. The zero-order valence-electron chi connectivity index (χ0n) is 13.6. The number of ether oxygens (including phenoxy) is 1. The lowest BCUT2D eigenvalue weighted by Crippen LogP contribution is -2.52. The molecule has 24 heavy (non-hydrogen) atoms. The number of benzene rings is 2. The summed E-state index contributed by atoms with van der Waals surface area (Å²) in [6, 6.07) is 12.9. The van der Waals surface area contributed by atoms with Crippen LogP contribution >= 0.6 is 12.4 Å². The Kier molecular flexibility index (Phi) is 6.22. The van der Waals surface area contributed by atoms with Gasteiger partial charge in [-0.2, -0.15) is 0 Å². The van der Waals surface area contributed by atoms with E-state index >= 15 is 0 Å². The molecule has 7 heteroatoms. The van der Waals surface area contributed by atoms with Gasteiger partial charge in [-0.1, -0.05) is 30.3 Å². The number of fused-ring (bicyclic) bond motifs is 1. The molecule has 2 N–H and O–H groups in total. The van der Waals surface area contributed by atoms with Crippen LogP contribution in [-0.4, -0.2) is 40.8 Å². The maximum Gasteiger partial charge on any atom is 0.240 e. The molecule has 1 unspecified atom stereocenters. The van der Waals surface area contributed by atoms with Gasteiger partial charge >= 0.3 is 0 Å². The minimum Gasteiger partial charge on any atom is -0.383 e. The highest BCUT2D eigenvalue weighted by Gasteiger charge is 2.34. The Hall–Kier alpha value is -1.18. The van der Waals surface area contributed by atoms with Crippen LogP contribution in [0, 0.1) is 0 Å². The molecule has 0 bridgehead atoms.